The van der Waals surface area contributed by atoms with Crippen molar-refractivity contribution in [2.24, 2.45) is 0 Å². The number of anilines is 1. The number of nitrogens with zero attached hydrogens (tertiary/aromatic N) is 2. The summed E-state index contributed by atoms with van der Waals surface area (Å²) in [4.78, 5) is 8.07. The summed E-state index contributed by atoms with van der Waals surface area (Å²) < 4.78 is 5.73. The number of hydrogen-bond acceptors (Lipinski definition) is 4. The first kappa shape index (κ1) is 7.79. The van der Waals surface area contributed by atoms with E-state index >= 15 is 0 Å². The molecule has 4 nitrogen and oxygen atoms in total. The molecule has 14 heavy (non-hydrogen) atoms. The van der Waals surface area contributed by atoms with Crippen LogP contribution >= 0.6 is 0 Å². The maximum Gasteiger partial charge on any atom is 0.187 e. The van der Waals surface area contributed by atoms with Gasteiger partial charge in [-0.2, -0.15) is 0 Å². The lowest BCUT2D eigenvalue weighted by molar-refractivity contribution is 0.366. The minimum atomic E-state index is 0.744. The zero-order valence-corrected chi connectivity index (χ0v) is 7.79. The highest BCUT2D eigenvalue weighted by Crippen LogP contribution is 2.35. The Kier molecular flexibility index (Phi) is 1.65. The molecule has 4 heteroatoms. The molecule has 0 radical (unpaired) electrons. The zero-order valence-electron chi connectivity index (χ0n) is 7.79. The number of rotatable bonds is 0. The maximum absolute atomic E-state index is 5.73. The lowest BCUT2D eigenvalue weighted by Crippen LogP contribution is -2.18. The quantitative estimate of drug-likeness (QED) is 0.678. The molecule has 3 rings (SSSR count). The monoisotopic (exact) mass is 189 g/mol. The number of nitrogens with one attached hydrogen (secondary N) is 1. The minimum Gasteiger partial charge on any atom is -0.454 e. The van der Waals surface area contributed by atoms with Crippen LogP contribution in [0.5, 0.6) is 5.75 Å². The fourth-order valence-electron chi connectivity index (χ4n) is 1.88. The summed E-state index contributed by atoms with van der Waals surface area (Å²) in [6.07, 6.45) is 7.77. The predicted molar refractivity (Wildman–Crippen MR) is 51.8 cm³/mol. The van der Waals surface area contributed by atoms with Crippen molar-refractivity contribution in [3.05, 3.63) is 24.0 Å². The van der Waals surface area contributed by atoms with Gasteiger partial charge in [0, 0.05) is 6.42 Å². The number of allylic oxidation sites excluding steroid dienone is 2. The normalized spacial score (nSPS) is 19.1. The largest absolute Gasteiger partial charge is 0.454 e. The lowest BCUT2D eigenvalue weighted by atomic mass is 10.0. The Morgan fingerprint density at radius 2 is 2.21 bits per heavy atom. The third-order valence-corrected chi connectivity index (χ3v) is 2.60. The molecule has 72 valence electrons. The van der Waals surface area contributed by atoms with Crippen molar-refractivity contribution < 1.29 is 4.74 Å². The van der Waals surface area contributed by atoms with E-state index in [2.05, 4.69) is 15.3 Å². The summed E-state index contributed by atoms with van der Waals surface area (Å²) in [5.74, 6) is 2.60. The van der Waals surface area contributed by atoms with Crippen molar-refractivity contribution in [3.8, 4) is 5.75 Å². The van der Waals surface area contributed by atoms with E-state index in [0.29, 0.717) is 0 Å². The third kappa shape index (κ3) is 1.14. The Bertz CT molecular complexity index is 363. The van der Waals surface area contributed by atoms with Crippen LogP contribution in [0.2, 0.25) is 0 Å². The van der Waals surface area contributed by atoms with Gasteiger partial charge >= 0.3 is 0 Å². The molecule has 0 amide bonds. The third-order valence-electron chi connectivity index (χ3n) is 2.60. The van der Waals surface area contributed by atoms with Gasteiger partial charge in [-0.25, -0.2) is 9.97 Å². The molecule has 0 saturated heterocycles. The van der Waals surface area contributed by atoms with E-state index in [4.69, 9.17) is 4.74 Å². The molecule has 1 aliphatic carbocycles. The second-order valence-corrected chi connectivity index (χ2v) is 3.57. The fraction of sp³-hybridized carbons (Fsp3) is 0.400. The Hall–Kier alpha value is -1.58. The van der Waals surface area contributed by atoms with Gasteiger partial charge in [0.2, 0.25) is 0 Å². The number of aromatic nitrogens is 2. The second-order valence-electron chi connectivity index (χ2n) is 3.57. The fourth-order valence-corrected chi connectivity index (χ4v) is 1.88. The molecule has 0 saturated carbocycles. The standard InChI is InChI=1S/C10H11N3O/c1-2-4-8-7(3-1)13-10-9(14-8)5-11-6-12-10/h5-6H,1-4H2,(H,11,12,13). The topological polar surface area (TPSA) is 47.0 Å². The Morgan fingerprint density at radius 3 is 3.21 bits per heavy atom. The summed E-state index contributed by atoms with van der Waals surface area (Å²) in [6, 6.07) is 0. The molecule has 0 spiro atoms. The average molecular weight is 189 g/mol. The molecular formula is C10H11N3O. The molecule has 1 aromatic heterocycles. The van der Waals surface area contributed by atoms with Crippen LogP contribution < -0.4 is 10.1 Å². The van der Waals surface area contributed by atoms with Crippen LogP contribution in [0.4, 0.5) is 5.82 Å². The van der Waals surface area contributed by atoms with E-state index in [1.54, 1.807) is 6.20 Å². The number of fused-ring (bicyclic) bond motifs is 1. The van der Waals surface area contributed by atoms with Crippen LogP contribution in [0, 0.1) is 0 Å². The minimum absolute atomic E-state index is 0.744. The first-order valence-corrected chi connectivity index (χ1v) is 4.90. The Balaban J connectivity index is 1.99. The summed E-state index contributed by atoms with van der Waals surface area (Å²) in [5, 5.41) is 3.30. The summed E-state index contributed by atoms with van der Waals surface area (Å²) in [6.45, 7) is 0. The molecule has 2 heterocycles. The van der Waals surface area contributed by atoms with Crippen molar-refractivity contribution in [3.63, 3.8) is 0 Å². The van der Waals surface area contributed by atoms with Gasteiger partial charge in [-0.1, -0.05) is 0 Å². The van der Waals surface area contributed by atoms with E-state index in [1.807, 2.05) is 0 Å². The Morgan fingerprint density at radius 1 is 1.29 bits per heavy atom. The second kappa shape index (κ2) is 2.97. The average Bonchev–Trinajstić information content (AvgIpc) is 2.26. The molecule has 0 aromatic carbocycles. The molecular weight excluding hydrogens is 178 g/mol. The van der Waals surface area contributed by atoms with Gasteiger partial charge in [0.05, 0.1) is 11.9 Å². The van der Waals surface area contributed by atoms with Gasteiger partial charge in [0.15, 0.2) is 11.6 Å². The van der Waals surface area contributed by atoms with E-state index in [1.165, 1.54) is 24.9 Å². The summed E-state index contributed by atoms with van der Waals surface area (Å²) in [5.41, 5.74) is 1.20. The van der Waals surface area contributed by atoms with E-state index in [-0.39, 0.29) is 0 Å². The van der Waals surface area contributed by atoms with Crippen LogP contribution in [0.15, 0.2) is 24.0 Å². The van der Waals surface area contributed by atoms with Gasteiger partial charge in [0.25, 0.3) is 0 Å². The molecule has 0 atom stereocenters. The van der Waals surface area contributed by atoms with E-state index in [9.17, 15) is 0 Å². The van der Waals surface area contributed by atoms with Crippen molar-refractivity contribution in [1.29, 1.82) is 0 Å². The highest BCUT2D eigenvalue weighted by Gasteiger charge is 2.22. The first-order chi connectivity index (χ1) is 6.93. The molecule has 2 aliphatic rings. The summed E-state index contributed by atoms with van der Waals surface area (Å²) in [7, 11) is 0. The maximum atomic E-state index is 5.73. The highest BCUT2D eigenvalue weighted by molar-refractivity contribution is 5.56. The van der Waals surface area contributed by atoms with Gasteiger partial charge in [-0.05, 0) is 19.3 Å². The SMILES string of the molecule is c1ncc2c(n1)NC1=C(CCCC1)O2. The summed E-state index contributed by atoms with van der Waals surface area (Å²) >= 11 is 0. The predicted octanol–water partition coefficient (Wildman–Crippen LogP) is 2.07. The molecule has 1 aliphatic heterocycles. The molecule has 0 unspecified atom stereocenters. The smallest absolute Gasteiger partial charge is 0.187 e. The van der Waals surface area contributed by atoms with Crippen molar-refractivity contribution in [2.45, 2.75) is 25.7 Å². The van der Waals surface area contributed by atoms with Gasteiger partial charge < -0.3 is 10.1 Å². The van der Waals surface area contributed by atoms with Gasteiger partial charge in [0.1, 0.15) is 12.1 Å². The van der Waals surface area contributed by atoms with Crippen LogP contribution in [0.1, 0.15) is 25.7 Å². The van der Waals surface area contributed by atoms with Crippen LogP contribution in [0.3, 0.4) is 0 Å². The number of hydrogen-bond donors (Lipinski definition) is 1. The molecule has 0 bridgehead atoms. The van der Waals surface area contributed by atoms with Crippen molar-refractivity contribution in [2.75, 3.05) is 5.32 Å². The first-order valence-electron chi connectivity index (χ1n) is 4.90. The highest BCUT2D eigenvalue weighted by atomic mass is 16.5. The van der Waals surface area contributed by atoms with Crippen LogP contribution in [0.25, 0.3) is 0 Å². The molecule has 1 N–H and O–H groups in total. The van der Waals surface area contributed by atoms with Gasteiger partial charge in [-0.3, -0.25) is 0 Å². The van der Waals surface area contributed by atoms with E-state index < -0.39 is 0 Å². The van der Waals surface area contributed by atoms with Crippen molar-refractivity contribution in [1.82, 2.24) is 9.97 Å². The Labute approximate surface area is 82.0 Å². The lowest BCUT2D eigenvalue weighted by Gasteiger charge is -2.26. The number of ether oxygens (including phenoxy) is 1. The zero-order chi connectivity index (χ0) is 9.38. The van der Waals surface area contributed by atoms with Crippen LogP contribution in [-0.2, 0) is 0 Å². The van der Waals surface area contributed by atoms with Crippen LogP contribution in [-0.4, -0.2) is 9.97 Å². The molecule has 1 aromatic rings. The molecule has 0 fully saturated rings. The van der Waals surface area contributed by atoms with E-state index in [0.717, 1.165) is 30.2 Å². The van der Waals surface area contributed by atoms with Crippen molar-refractivity contribution >= 4 is 5.82 Å². The van der Waals surface area contributed by atoms with Gasteiger partial charge in [-0.15, -0.1) is 0 Å².